The number of amides is 2. The summed E-state index contributed by atoms with van der Waals surface area (Å²) in [6.45, 7) is 7.56. The predicted octanol–water partition coefficient (Wildman–Crippen LogP) is 1.71. The zero-order chi connectivity index (χ0) is 20.2. The number of nitrogens with zero attached hydrogens (tertiary/aromatic N) is 5. The van der Waals surface area contributed by atoms with Gasteiger partial charge in [0.1, 0.15) is 0 Å². The Morgan fingerprint density at radius 2 is 1.34 bits per heavy atom. The van der Waals surface area contributed by atoms with E-state index in [1.54, 1.807) is 18.0 Å². The minimum Gasteiger partial charge on any atom is -0.368 e. The Labute approximate surface area is 171 Å². The van der Waals surface area contributed by atoms with Gasteiger partial charge in [0.2, 0.25) is 5.91 Å². The van der Waals surface area contributed by atoms with E-state index in [1.807, 2.05) is 23.2 Å². The first-order valence-electron chi connectivity index (χ1n) is 10.2. The fourth-order valence-electron chi connectivity index (χ4n) is 3.99. The van der Waals surface area contributed by atoms with Gasteiger partial charge >= 0.3 is 0 Å². The molecule has 0 N–H and O–H groups in total. The van der Waals surface area contributed by atoms with Gasteiger partial charge in [-0.15, -0.1) is 0 Å². The van der Waals surface area contributed by atoms with E-state index in [0.717, 1.165) is 31.9 Å². The molecule has 2 saturated heterocycles. The number of pyridine rings is 1. The summed E-state index contributed by atoms with van der Waals surface area (Å²) < 4.78 is 0. The first-order valence-corrected chi connectivity index (χ1v) is 10.2. The summed E-state index contributed by atoms with van der Waals surface area (Å²) in [7, 11) is 0. The lowest BCUT2D eigenvalue weighted by Crippen LogP contribution is -2.50. The van der Waals surface area contributed by atoms with Crippen LogP contribution in [-0.2, 0) is 4.79 Å². The lowest BCUT2D eigenvalue weighted by atomic mass is 10.2. The third-order valence-electron chi connectivity index (χ3n) is 5.75. The highest BCUT2D eigenvalue weighted by Gasteiger charge is 2.24. The number of benzene rings is 1. The van der Waals surface area contributed by atoms with E-state index in [2.05, 4.69) is 39.0 Å². The summed E-state index contributed by atoms with van der Waals surface area (Å²) in [5, 5.41) is 0. The Hall–Kier alpha value is -3.09. The summed E-state index contributed by atoms with van der Waals surface area (Å²) in [4.78, 5) is 37.0. The molecule has 7 heteroatoms. The molecule has 2 aromatic rings. The van der Waals surface area contributed by atoms with Gasteiger partial charge in [-0.25, -0.2) is 0 Å². The van der Waals surface area contributed by atoms with Crippen LogP contribution in [0.5, 0.6) is 0 Å². The van der Waals surface area contributed by atoms with Crippen LogP contribution >= 0.6 is 0 Å². The maximum Gasteiger partial charge on any atom is 0.255 e. The maximum atomic E-state index is 12.9. The third kappa shape index (κ3) is 4.34. The van der Waals surface area contributed by atoms with Gasteiger partial charge < -0.3 is 19.6 Å². The van der Waals surface area contributed by atoms with Crippen LogP contribution < -0.4 is 9.80 Å². The maximum absolute atomic E-state index is 12.9. The number of anilines is 2. The standard InChI is InChI=1S/C22H27N5O2/c1-18(28)24-7-13-27(14-8-24)22(29)19-15-21(17-23-16-19)26-11-9-25(10-12-26)20-5-3-2-4-6-20/h2-6,15-17H,7-14H2,1H3. The third-order valence-corrected chi connectivity index (χ3v) is 5.75. The Kier molecular flexibility index (Phi) is 5.64. The molecule has 2 aliphatic rings. The number of hydrogen-bond acceptors (Lipinski definition) is 5. The predicted molar refractivity (Wildman–Crippen MR) is 113 cm³/mol. The largest absolute Gasteiger partial charge is 0.368 e. The molecule has 0 bridgehead atoms. The molecule has 0 unspecified atom stereocenters. The Morgan fingerprint density at radius 1 is 0.759 bits per heavy atom. The van der Waals surface area contributed by atoms with Crippen molar-refractivity contribution in [2.24, 2.45) is 0 Å². The number of carbonyl (C=O) groups is 2. The molecular weight excluding hydrogens is 366 g/mol. The molecule has 3 heterocycles. The van der Waals surface area contributed by atoms with E-state index < -0.39 is 0 Å². The van der Waals surface area contributed by atoms with E-state index in [0.29, 0.717) is 31.7 Å². The molecule has 0 spiro atoms. The van der Waals surface area contributed by atoms with Crippen molar-refractivity contribution in [1.82, 2.24) is 14.8 Å². The van der Waals surface area contributed by atoms with E-state index >= 15 is 0 Å². The van der Waals surface area contributed by atoms with Crippen molar-refractivity contribution in [3.8, 4) is 0 Å². The average molecular weight is 393 g/mol. The van der Waals surface area contributed by atoms with Crippen LogP contribution in [0.2, 0.25) is 0 Å². The van der Waals surface area contributed by atoms with Gasteiger partial charge in [-0.3, -0.25) is 14.6 Å². The van der Waals surface area contributed by atoms with Crippen molar-refractivity contribution >= 4 is 23.2 Å². The molecule has 1 aromatic carbocycles. The van der Waals surface area contributed by atoms with Crippen molar-refractivity contribution in [3.63, 3.8) is 0 Å². The molecule has 1 aromatic heterocycles. The van der Waals surface area contributed by atoms with Crippen LogP contribution in [0.25, 0.3) is 0 Å². The van der Waals surface area contributed by atoms with Gasteiger partial charge in [0.05, 0.1) is 17.4 Å². The molecule has 0 aliphatic carbocycles. The van der Waals surface area contributed by atoms with Crippen LogP contribution in [-0.4, -0.2) is 79.0 Å². The highest BCUT2D eigenvalue weighted by molar-refractivity contribution is 5.95. The Bertz CT molecular complexity index is 857. The molecule has 4 rings (SSSR count). The minimum atomic E-state index is -0.00882. The molecule has 29 heavy (non-hydrogen) atoms. The van der Waals surface area contributed by atoms with Gasteiger partial charge in [-0.05, 0) is 18.2 Å². The topological polar surface area (TPSA) is 60.0 Å². The number of hydrogen-bond donors (Lipinski definition) is 0. The smallest absolute Gasteiger partial charge is 0.255 e. The van der Waals surface area contributed by atoms with E-state index in [-0.39, 0.29) is 11.8 Å². The van der Waals surface area contributed by atoms with Crippen molar-refractivity contribution in [2.75, 3.05) is 62.2 Å². The number of para-hydroxylation sites is 1. The summed E-state index contributed by atoms with van der Waals surface area (Å²) >= 11 is 0. The Balaban J connectivity index is 1.38. The average Bonchev–Trinajstić information content (AvgIpc) is 2.79. The first-order chi connectivity index (χ1) is 14.1. The summed E-state index contributed by atoms with van der Waals surface area (Å²) in [6.07, 6.45) is 3.48. The second-order valence-electron chi connectivity index (χ2n) is 7.54. The number of aromatic nitrogens is 1. The molecule has 152 valence electrons. The van der Waals surface area contributed by atoms with Gasteiger partial charge in [0.25, 0.3) is 5.91 Å². The van der Waals surface area contributed by atoms with Crippen molar-refractivity contribution in [3.05, 3.63) is 54.4 Å². The molecule has 7 nitrogen and oxygen atoms in total. The molecular formula is C22H27N5O2. The fourth-order valence-corrected chi connectivity index (χ4v) is 3.99. The molecule has 0 saturated carbocycles. The van der Waals surface area contributed by atoms with E-state index in [1.165, 1.54) is 5.69 Å². The second kappa shape index (κ2) is 8.51. The SMILES string of the molecule is CC(=O)N1CCN(C(=O)c2cncc(N3CCN(c4ccccc4)CC3)c2)CC1. The summed E-state index contributed by atoms with van der Waals surface area (Å²) in [6, 6.07) is 12.4. The summed E-state index contributed by atoms with van der Waals surface area (Å²) in [5.41, 5.74) is 2.86. The van der Waals surface area contributed by atoms with Crippen LogP contribution in [0.15, 0.2) is 48.8 Å². The van der Waals surface area contributed by atoms with Crippen LogP contribution in [0.3, 0.4) is 0 Å². The zero-order valence-electron chi connectivity index (χ0n) is 16.8. The Morgan fingerprint density at radius 3 is 1.97 bits per heavy atom. The first kappa shape index (κ1) is 19.2. The lowest BCUT2D eigenvalue weighted by molar-refractivity contribution is -0.130. The van der Waals surface area contributed by atoms with Crippen LogP contribution in [0.1, 0.15) is 17.3 Å². The zero-order valence-corrected chi connectivity index (χ0v) is 16.8. The minimum absolute atomic E-state index is 0.00882. The number of piperazine rings is 2. The van der Waals surface area contributed by atoms with Crippen molar-refractivity contribution in [2.45, 2.75) is 6.92 Å². The second-order valence-corrected chi connectivity index (χ2v) is 7.54. The highest BCUT2D eigenvalue weighted by atomic mass is 16.2. The monoisotopic (exact) mass is 393 g/mol. The summed E-state index contributed by atoms with van der Waals surface area (Å²) in [5.74, 6) is 0.0564. The molecule has 2 fully saturated rings. The van der Waals surface area contributed by atoms with Crippen LogP contribution in [0.4, 0.5) is 11.4 Å². The quantitative estimate of drug-likeness (QED) is 0.795. The fraction of sp³-hybridized carbons (Fsp3) is 0.409. The molecule has 0 atom stereocenters. The molecule has 2 aliphatic heterocycles. The van der Waals surface area contributed by atoms with Crippen LogP contribution in [0, 0.1) is 0 Å². The van der Waals surface area contributed by atoms with Gasteiger partial charge in [-0.2, -0.15) is 0 Å². The van der Waals surface area contributed by atoms with Gasteiger partial charge in [0.15, 0.2) is 0 Å². The number of rotatable bonds is 3. The van der Waals surface area contributed by atoms with Crippen molar-refractivity contribution < 1.29 is 9.59 Å². The van der Waals surface area contributed by atoms with E-state index in [4.69, 9.17) is 0 Å². The highest BCUT2D eigenvalue weighted by Crippen LogP contribution is 2.21. The van der Waals surface area contributed by atoms with Crippen molar-refractivity contribution in [1.29, 1.82) is 0 Å². The van der Waals surface area contributed by atoms with Gasteiger partial charge in [-0.1, -0.05) is 18.2 Å². The lowest BCUT2D eigenvalue weighted by Gasteiger charge is -2.37. The normalized spacial score (nSPS) is 17.4. The molecule has 0 radical (unpaired) electrons. The molecule has 2 amide bonds. The van der Waals surface area contributed by atoms with Gasteiger partial charge in [0, 0.05) is 71.2 Å². The van der Waals surface area contributed by atoms with E-state index in [9.17, 15) is 9.59 Å². The number of carbonyl (C=O) groups excluding carboxylic acids is 2.